The van der Waals surface area contributed by atoms with Crippen LogP contribution in [0.25, 0.3) is 0 Å². The number of hydrogen-bond acceptors (Lipinski definition) is 9. The molecule has 1 aliphatic heterocycles. The Morgan fingerprint density at radius 1 is 1.15 bits per heavy atom. The summed E-state index contributed by atoms with van der Waals surface area (Å²) < 4.78 is 37.7. The molecule has 1 saturated heterocycles. The maximum absolute atomic E-state index is 13.1. The van der Waals surface area contributed by atoms with Gasteiger partial charge in [-0.3, -0.25) is 9.59 Å². The molecule has 0 atom stereocenters. The number of rotatable bonds is 8. The van der Waals surface area contributed by atoms with Gasteiger partial charge in [0.05, 0.1) is 7.11 Å². The first-order chi connectivity index (χ1) is 15.7. The molecule has 33 heavy (non-hydrogen) atoms. The van der Waals surface area contributed by atoms with Crippen molar-refractivity contribution in [3.8, 4) is 5.75 Å². The first kappa shape index (κ1) is 24.6. The Labute approximate surface area is 195 Å². The molecule has 2 aromatic rings. The summed E-state index contributed by atoms with van der Waals surface area (Å²) in [5.74, 6) is -1.65. The summed E-state index contributed by atoms with van der Waals surface area (Å²) >= 11 is 1.04. The van der Waals surface area contributed by atoms with Crippen molar-refractivity contribution >= 4 is 50.0 Å². The van der Waals surface area contributed by atoms with Gasteiger partial charge in [-0.05, 0) is 31.0 Å². The van der Waals surface area contributed by atoms with Crippen LogP contribution in [0.1, 0.15) is 36.7 Å². The van der Waals surface area contributed by atoms with E-state index in [1.807, 2.05) is 0 Å². The van der Waals surface area contributed by atoms with Crippen LogP contribution in [-0.2, 0) is 24.3 Å². The normalized spacial score (nSPS) is 14.4. The zero-order valence-electron chi connectivity index (χ0n) is 18.1. The van der Waals surface area contributed by atoms with Gasteiger partial charge in [-0.2, -0.15) is 4.31 Å². The number of carbonyl (C=O) groups is 3. The Bertz CT molecular complexity index is 1140. The smallest absolute Gasteiger partial charge is 0.358 e. The molecular formula is C20H24N4O7S2. The summed E-state index contributed by atoms with van der Waals surface area (Å²) in [5, 5.41) is 6.60. The quantitative estimate of drug-likeness (QED) is 0.529. The summed E-state index contributed by atoms with van der Waals surface area (Å²) in [5.41, 5.74) is 0.171. The van der Waals surface area contributed by atoms with Crippen LogP contribution in [0.5, 0.6) is 5.75 Å². The second-order valence-electron chi connectivity index (χ2n) is 7.17. The van der Waals surface area contributed by atoms with E-state index in [-0.39, 0.29) is 33.1 Å². The Balaban J connectivity index is 1.65. The topological polar surface area (TPSA) is 144 Å². The largest absolute Gasteiger partial charge is 0.495 e. The Morgan fingerprint density at radius 2 is 1.88 bits per heavy atom. The number of amides is 2. The number of aromatic nitrogens is 1. The second-order valence-corrected chi connectivity index (χ2v) is 9.94. The van der Waals surface area contributed by atoms with E-state index in [1.165, 1.54) is 41.9 Å². The summed E-state index contributed by atoms with van der Waals surface area (Å²) in [6.45, 7) is 1.56. The summed E-state index contributed by atoms with van der Waals surface area (Å²) in [6.07, 6.45) is 2.55. The van der Waals surface area contributed by atoms with Crippen molar-refractivity contribution in [3.05, 3.63) is 29.3 Å². The molecule has 1 aromatic heterocycles. The van der Waals surface area contributed by atoms with Gasteiger partial charge in [-0.1, -0.05) is 6.42 Å². The third-order valence-electron chi connectivity index (χ3n) is 4.71. The van der Waals surface area contributed by atoms with Gasteiger partial charge in [0, 0.05) is 31.1 Å². The van der Waals surface area contributed by atoms with Crippen LogP contribution in [-0.4, -0.2) is 62.3 Å². The predicted octanol–water partition coefficient (Wildman–Crippen LogP) is 2.08. The first-order valence-electron chi connectivity index (χ1n) is 10.1. The van der Waals surface area contributed by atoms with E-state index < -0.39 is 28.5 Å². The summed E-state index contributed by atoms with van der Waals surface area (Å²) in [7, 11) is -2.42. The van der Waals surface area contributed by atoms with Crippen molar-refractivity contribution in [1.29, 1.82) is 0 Å². The highest BCUT2D eigenvalue weighted by molar-refractivity contribution is 7.89. The lowest BCUT2D eigenvalue weighted by atomic mass is 10.2. The summed E-state index contributed by atoms with van der Waals surface area (Å²) in [4.78, 5) is 39.2. The molecule has 2 heterocycles. The molecule has 0 spiro atoms. The number of esters is 1. The number of methoxy groups -OCH3 is 1. The van der Waals surface area contributed by atoms with E-state index in [0.29, 0.717) is 13.1 Å². The minimum absolute atomic E-state index is 0.0455. The Hall–Kier alpha value is -3.03. The molecule has 0 bridgehead atoms. The fourth-order valence-electron chi connectivity index (χ4n) is 3.18. The van der Waals surface area contributed by atoms with Crippen LogP contribution in [0.3, 0.4) is 0 Å². The van der Waals surface area contributed by atoms with Crippen molar-refractivity contribution in [2.45, 2.75) is 31.1 Å². The number of piperidine rings is 1. The summed E-state index contributed by atoms with van der Waals surface area (Å²) in [6, 6.07) is 4.27. The minimum atomic E-state index is -3.80. The number of ether oxygens (including phenoxy) is 2. The molecule has 2 N–H and O–H groups in total. The molecule has 1 aromatic carbocycles. The van der Waals surface area contributed by atoms with Gasteiger partial charge in [-0.25, -0.2) is 18.2 Å². The van der Waals surface area contributed by atoms with Gasteiger partial charge in [0.25, 0.3) is 5.91 Å². The number of nitrogens with zero attached hydrogens (tertiary/aromatic N) is 2. The highest BCUT2D eigenvalue weighted by Crippen LogP contribution is 2.31. The zero-order chi connectivity index (χ0) is 24.0. The minimum Gasteiger partial charge on any atom is -0.495 e. The Kier molecular flexibility index (Phi) is 8.00. The van der Waals surface area contributed by atoms with Gasteiger partial charge in [0.15, 0.2) is 17.4 Å². The van der Waals surface area contributed by atoms with E-state index >= 15 is 0 Å². The van der Waals surface area contributed by atoms with Crippen molar-refractivity contribution in [3.63, 3.8) is 0 Å². The van der Waals surface area contributed by atoms with Crippen molar-refractivity contribution in [2.75, 3.05) is 37.4 Å². The number of benzene rings is 1. The molecule has 0 saturated carbocycles. The van der Waals surface area contributed by atoms with Crippen molar-refractivity contribution in [2.24, 2.45) is 0 Å². The number of sulfonamides is 1. The van der Waals surface area contributed by atoms with Gasteiger partial charge in [-0.15, -0.1) is 11.3 Å². The van der Waals surface area contributed by atoms with Crippen LogP contribution in [0, 0.1) is 0 Å². The van der Waals surface area contributed by atoms with E-state index in [2.05, 4.69) is 15.6 Å². The monoisotopic (exact) mass is 496 g/mol. The molecule has 2 amide bonds. The van der Waals surface area contributed by atoms with E-state index in [0.717, 1.165) is 30.6 Å². The van der Waals surface area contributed by atoms with Crippen LogP contribution >= 0.6 is 11.3 Å². The van der Waals surface area contributed by atoms with Crippen LogP contribution in [0.4, 0.5) is 10.8 Å². The number of nitrogens with one attached hydrogen (secondary N) is 2. The van der Waals surface area contributed by atoms with E-state index in [1.54, 1.807) is 0 Å². The zero-order valence-corrected chi connectivity index (χ0v) is 19.8. The molecule has 1 fully saturated rings. The van der Waals surface area contributed by atoms with Crippen molar-refractivity contribution < 1.29 is 32.3 Å². The molecule has 1 aliphatic rings. The van der Waals surface area contributed by atoms with E-state index in [9.17, 15) is 22.8 Å². The SMILES string of the molecule is COc1ccc(NC(=O)COC(=O)c2csc(NC(C)=O)n2)cc1S(=O)(=O)N1CCCCC1. The first-order valence-corrected chi connectivity index (χ1v) is 12.4. The van der Waals surface area contributed by atoms with Crippen LogP contribution in [0.15, 0.2) is 28.5 Å². The molecule has 0 unspecified atom stereocenters. The number of hydrogen-bond donors (Lipinski definition) is 2. The molecule has 0 radical (unpaired) electrons. The van der Waals surface area contributed by atoms with E-state index in [4.69, 9.17) is 9.47 Å². The highest BCUT2D eigenvalue weighted by atomic mass is 32.2. The van der Waals surface area contributed by atoms with Gasteiger partial charge >= 0.3 is 5.97 Å². The number of thiazole rings is 1. The van der Waals surface area contributed by atoms with Gasteiger partial charge in [0.2, 0.25) is 15.9 Å². The molecule has 11 nitrogen and oxygen atoms in total. The Morgan fingerprint density at radius 3 is 2.55 bits per heavy atom. The standard InChI is InChI=1S/C20H24N4O7S2/c1-13(25)21-20-23-15(12-32-20)19(27)31-11-18(26)22-14-6-7-16(30-2)17(10-14)33(28,29)24-8-4-3-5-9-24/h6-7,10,12H,3-5,8-9,11H2,1-2H3,(H,22,26)(H,21,23,25). The third kappa shape index (κ3) is 6.27. The van der Waals surface area contributed by atoms with Crippen LogP contribution in [0.2, 0.25) is 0 Å². The third-order valence-corrected chi connectivity index (χ3v) is 7.39. The van der Waals surface area contributed by atoms with Crippen molar-refractivity contribution in [1.82, 2.24) is 9.29 Å². The molecule has 3 rings (SSSR count). The number of anilines is 2. The lowest BCUT2D eigenvalue weighted by Gasteiger charge is -2.26. The maximum atomic E-state index is 13.1. The highest BCUT2D eigenvalue weighted by Gasteiger charge is 2.29. The lowest BCUT2D eigenvalue weighted by molar-refractivity contribution is -0.119. The average molecular weight is 497 g/mol. The predicted molar refractivity (Wildman–Crippen MR) is 121 cm³/mol. The van der Waals surface area contributed by atoms with Gasteiger partial charge in [0.1, 0.15) is 10.6 Å². The molecule has 13 heteroatoms. The van der Waals surface area contributed by atoms with Gasteiger partial charge < -0.3 is 20.1 Å². The molecule has 0 aliphatic carbocycles. The molecular weight excluding hydrogens is 472 g/mol. The number of carbonyl (C=O) groups excluding carboxylic acids is 3. The van der Waals surface area contributed by atoms with Crippen LogP contribution < -0.4 is 15.4 Å². The maximum Gasteiger partial charge on any atom is 0.358 e. The second kappa shape index (κ2) is 10.7. The lowest BCUT2D eigenvalue weighted by Crippen LogP contribution is -2.35. The average Bonchev–Trinajstić information content (AvgIpc) is 3.26. The molecule has 178 valence electrons. The fraction of sp³-hybridized carbons (Fsp3) is 0.400. The fourth-order valence-corrected chi connectivity index (χ4v) is 5.60.